The van der Waals surface area contributed by atoms with E-state index in [9.17, 15) is 14.7 Å². The summed E-state index contributed by atoms with van der Waals surface area (Å²) in [5.74, 6) is 0.825. The minimum atomic E-state index is -0.923. The van der Waals surface area contributed by atoms with Crippen LogP contribution in [-0.4, -0.2) is 55.9 Å². The number of carbonyl (C=O) groups is 2. The molecule has 38 heavy (non-hydrogen) atoms. The van der Waals surface area contributed by atoms with Crippen LogP contribution >= 0.6 is 0 Å². The molecule has 0 aliphatic carbocycles. The molecule has 0 bridgehead atoms. The Labute approximate surface area is 224 Å². The second-order valence-corrected chi connectivity index (χ2v) is 11.4. The van der Waals surface area contributed by atoms with Crippen LogP contribution in [0.2, 0.25) is 0 Å². The zero-order valence-corrected chi connectivity index (χ0v) is 23.1. The van der Waals surface area contributed by atoms with Crippen LogP contribution in [0.5, 0.6) is 0 Å². The van der Waals surface area contributed by atoms with E-state index < -0.39 is 6.09 Å². The molecular formula is C29H38N6O3. The lowest BCUT2D eigenvalue weighted by Gasteiger charge is -2.39. The maximum Gasteiger partial charge on any atom is 0.407 e. The van der Waals surface area contributed by atoms with E-state index in [2.05, 4.69) is 28.4 Å². The maximum atomic E-state index is 12.5. The van der Waals surface area contributed by atoms with Crippen molar-refractivity contribution in [3.63, 3.8) is 0 Å². The minimum absolute atomic E-state index is 0.0126. The number of anilines is 2. The number of aromatic nitrogens is 3. The Balaban J connectivity index is 1.60. The van der Waals surface area contributed by atoms with E-state index in [0.717, 1.165) is 40.3 Å². The number of fused-ring (bicyclic) bond motifs is 1. The van der Waals surface area contributed by atoms with Crippen LogP contribution in [0.15, 0.2) is 48.8 Å². The fourth-order valence-electron chi connectivity index (χ4n) is 5.14. The molecule has 0 unspecified atom stereocenters. The largest absolute Gasteiger partial charge is 0.465 e. The lowest BCUT2D eigenvalue weighted by molar-refractivity contribution is -0.117. The number of benzene rings is 1. The van der Waals surface area contributed by atoms with E-state index in [0.29, 0.717) is 19.6 Å². The van der Waals surface area contributed by atoms with Gasteiger partial charge in [-0.25, -0.2) is 9.78 Å². The van der Waals surface area contributed by atoms with Gasteiger partial charge in [0.15, 0.2) is 0 Å². The lowest BCUT2D eigenvalue weighted by Crippen LogP contribution is -2.43. The van der Waals surface area contributed by atoms with Crippen molar-refractivity contribution in [3.05, 3.63) is 60.0 Å². The van der Waals surface area contributed by atoms with E-state index >= 15 is 0 Å². The Morgan fingerprint density at radius 3 is 2.61 bits per heavy atom. The fourth-order valence-corrected chi connectivity index (χ4v) is 5.14. The SMILES string of the molecule is CC(=O)N1c2ccc(-c3cnn(CCN(CC(C)(C)C)C(=O)O)c3)cc2[C@H](Nc2cccc(C)n2)C[C@@H]1C. The number of carbonyl (C=O) groups excluding carboxylic acids is 1. The van der Waals surface area contributed by atoms with Gasteiger partial charge in [-0.3, -0.25) is 9.48 Å². The molecule has 4 rings (SSSR count). The van der Waals surface area contributed by atoms with Gasteiger partial charge in [-0.2, -0.15) is 5.10 Å². The molecule has 0 radical (unpaired) electrons. The monoisotopic (exact) mass is 518 g/mol. The number of nitrogens with zero attached hydrogens (tertiary/aromatic N) is 5. The topological polar surface area (TPSA) is 104 Å². The molecule has 0 spiro atoms. The van der Waals surface area contributed by atoms with Crippen LogP contribution in [0, 0.1) is 12.3 Å². The summed E-state index contributed by atoms with van der Waals surface area (Å²) >= 11 is 0. The summed E-state index contributed by atoms with van der Waals surface area (Å²) < 4.78 is 1.78. The number of aryl methyl sites for hydroxylation is 1. The highest BCUT2D eigenvalue weighted by molar-refractivity contribution is 5.94. The van der Waals surface area contributed by atoms with Gasteiger partial charge < -0.3 is 20.2 Å². The van der Waals surface area contributed by atoms with Crippen molar-refractivity contribution in [1.29, 1.82) is 0 Å². The molecule has 0 saturated carbocycles. The third kappa shape index (κ3) is 6.33. The Hall–Kier alpha value is -3.88. The molecule has 2 atom stereocenters. The summed E-state index contributed by atoms with van der Waals surface area (Å²) in [5.41, 5.74) is 4.67. The molecule has 202 valence electrons. The Morgan fingerprint density at radius 1 is 1.18 bits per heavy atom. The smallest absolute Gasteiger partial charge is 0.407 e. The number of hydrogen-bond donors (Lipinski definition) is 2. The van der Waals surface area contributed by atoms with Crippen LogP contribution in [-0.2, 0) is 11.3 Å². The number of hydrogen-bond acceptors (Lipinski definition) is 5. The van der Waals surface area contributed by atoms with Crippen LogP contribution in [0.4, 0.5) is 16.3 Å². The molecule has 2 amide bonds. The third-order valence-electron chi connectivity index (χ3n) is 6.73. The maximum absolute atomic E-state index is 12.5. The summed E-state index contributed by atoms with van der Waals surface area (Å²) in [7, 11) is 0. The molecule has 1 aromatic carbocycles. The molecule has 3 heterocycles. The predicted molar refractivity (Wildman–Crippen MR) is 149 cm³/mol. The van der Waals surface area contributed by atoms with E-state index in [1.54, 1.807) is 17.8 Å². The highest BCUT2D eigenvalue weighted by atomic mass is 16.4. The van der Waals surface area contributed by atoms with Crippen molar-refractivity contribution in [2.24, 2.45) is 5.41 Å². The minimum Gasteiger partial charge on any atom is -0.465 e. The average Bonchev–Trinajstić information content (AvgIpc) is 3.29. The van der Waals surface area contributed by atoms with E-state index in [4.69, 9.17) is 0 Å². The quantitative estimate of drug-likeness (QED) is 0.423. The Morgan fingerprint density at radius 2 is 1.95 bits per heavy atom. The third-order valence-corrected chi connectivity index (χ3v) is 6.73. The molecule has 9 heteroatoms. The first-order valence-corrected chi connectivity index (χ1v) is 13.1. The lowest BCUT2D eigenvalue weighted by atomic mass is 9.89. The number of pyridine rings is 1. The number of nitrogens with one attached hydrogen (secondary N) is 1. The van der Waals surface area contributed by atoms with E-state index in [1.807, 2.05) is 69.1 Å². The van der Waals surface area contributed by atoms with Crippen molar-refractivity contribution in [1.82, 2.24) is 19.7 Å². The van der Waals surface area contributed by atoms with Gasteiger partial charge >= 0.3 is 6.09 Å². The first-order chi connectivity index (χ1) is 17.9. The highest BCUT2D eigenvalue weighted by Gasteiger charge is 2.33. The van der Waals surface area contributed by atoms with Crippen LogP contribution < -0.4 is 10.2 Å². The molecule has 0 fully saturated rings. The van der Waals surface area contributed by atoms with E-state index in [-0.39, 0.29) is 23.4 Å². The van der Waals surface area contributed by atoms with Crippen molar-refractivity contribution in [2.75, 3.05) is 23.3 Å². The Bertz CT molecular complexity index is 1310. The highest BCUT2D eigenvalue weighted by Crippen LogP contribution is 2.41. The van der Waals surface area contributed by atoms with Crippen LogP contribution in [0.3, 0.4) is 0 Å². The standard InChI is InChI=1S/C29H38N6O3/c1-19-8-7-9-27(31-19)32-25-14-20(2)35(21(3)36)26-11-10-22(15-24(25)26)23-16-30-34(17-23)13-12-33(28(37)38)18-29(4,5)6/h7-11,15-17,20,25H,12-14,18H2,1-6H3,(H,31,32)(H,37,38)/t20-,25+/m0/s1. The number of carboxylic acid groups (broad SMARTS) is 1. The van der Waals surface area contributed by atoms with Gasteiger partial charge in [0.1, 0.15) is 5.82 Å². The fraction of sp³-hybridized carbons (Fsp3) is 0.448. The molecule has 9 nitrogen and oxygen atoms in total. The van der Waals surface area contributed by atoms with Crippen molar-refractivity contribution < 1.29 is 14.7 Å². The number of amides is 2. The summed E-state index contributed by atoms with van der Waals surface area (Å²) in [6.07, 6.45) is 3.57. The summed E-state index contributed by atoms with van der Waals surface area (Å²) in [5, 5.41) is 17.7. The number of rotatable bonds is 7. The molecule has 2 aromatic heterocycles. The van der Waals surface area contributed by atoms with Gasteiger partial charge in [0.25, 0.3) is 0 Å². The summed E-state index contributed by atoms with van der Waals surface area (Å²) in [6, 6.07) is 12.1. The molecule has 1 aliphatic rings. The predicted octanol–water partition coefficient (Wildman–Crippen LogP) is 5.58. The molecule has 2 N–H and O–H groups in total. The van der Waals surface area contributed by atoms with Crippen LogP contribution in [0.1, 0.15) is 58.3 Å². The summed E-state index contributed by atoms with van der Waals surface area (Å²) in [4.78, 5) is 32.2. The normalized spacial score (nSPS) is 17.2. The first kappa shape index (κ1) is 27.2. The molecular weight excluding hydrogens is 480 g/mol. The second kappa shape index (κ2) is 10.8. The van der Waals surface area contributed by atoms with Crippen molar-refractivity contribution in [2.45, 2.75) is 66.6 Å². The van der Waals surface area contributed by atoms with Gasteiger partial charge in [-0.05, 0) is 61.1 Å². The first-order valence-electron chi connectivity index (χ1n) is 13.1. The summed E-state index contributed by atoms with van der Waals surface area (Å²) in [6.45, 7) is 13.0. The van der Waals surface area contributed by atoms with Gasteiger partial charge in [0, 0.05) is 49.2 Å². The van der Waals surface area contributed by atoms with Gasteiger partial charge in [-0.15, -0.1) is 0 Å². The molecule has 1 aliphatic heterocycles. The van der Waals surface area contributed by atoms with Crippen molar-refractivity contribution in [3.8, 4) is 11.1 Å². The van der Waals surface area contributed by atoms with Gasteiger partial charge in [-0.1, -0.05) is 32.9 Å². The average molecular weight is 519 g/mol. The van der Waals surface area contributed by atoms with Crippen molar-refractivity contribution >= 4 is 23.5 Å². The Kier molecular flexibility index (Phi) is 7.76. The molecule has 0 saturated heterocycles. The van der Waals surface area contributed by atoms with E-state index in [1.165, 1.54) is 4.90 Å². The van der Waals surface area contributed by atoms with Crippen LogP contribution in [0.25, 0.3) is 11.1 Å². The zero-order valence-electron chi connectivity index (χ0n) is 23.1. The van der Waals surface area contributed by atoms with Gasteiger partial charge in [0.05, 0.1) is 18.8 Å². The van der Waals surface area contributed by atoms with Gasteiger partial charge in [0.2, 0.25) is 5.91 Å². The second-order valence-electron chi connectivity index (χ2n) is 11.4. The zero-order chi connectivity index (χ0) is 27.6. The molecule has 3 aromatic rings.